The third-order valence-electron chi connectivity index (χ3n) is 5.67. The highest BCUT2D eigenvalue weighted by atomic mass is 35.5. The molecule has 1 aliphatic carbocycles. The Hall–Kier alpha value is -1.13. The summed E-state index contributed by atoms with van der Waals surface area (Å²) in [6.45, 7) is 0.763. The van der Waals surface area contributed by atoms with Gasteiger partial charge in [-0.05, 0) is 69.5 Å². The molecule has 0 bridgehead atoms. The minimum absolute atomic E-state index is 0.0441. The van der Waals surface area contributed by atoms with Gasteiger partial charge < -0.3 is 10.0 Å². The Bertz CT molecular complexity index is 780. The van der Waals surface area contributed by atoms with Crippen molar-refractivity contribution in [2.75, 3.05) is 20.6 Å². The Morgan fingerprint density at radius 1 is 1.15 bits per heavy atom. The SMILES string of the molecule is CN(C)CC1CC(Cc2ccc(F)cc2)CCC1(O)c1cccc(Cl)c1Cl. The number of aliphatic hydroxyl groups is 1. The molecule has 3 rings (SSSR count). The summed E-state index contributed by atoms with van der Waals surface area (Å²) in [4.78, 5) is 2.11. The van der Waals surface area contributed by atoms with Crippen molar-refractivity contribution >= 4 is 23.2 Å². The summed E-state index contributed by atoms with van der Waals surface area (Å²) in [5.41, 5.74) is 0.867. The maximum atomic E-state index is 13.2. The number of rotatable bonds is 5. The Balaban J connectivity index is 1.84. The third-order valence-corrected chi connectivity index (χ3v) is 6.49. The van der Waals surface area contributed by atoms with Crippen molar-refractivity contribution in [1.29, 1.82) is 0 Å². The Morgan fingerprint density at radius 2 is 1.85 bits per heavy atom. The van der Waals surface area contributed by atoms with Gasteiger partial charge in [0.05, 0.1) is 15.6 Å². The largest absolute Gasteiger partial charge is 0.385 e. The number of nitrogens with zero attached hydrogens (tertiary/aromatic N) is 1. The molecule has 0 radical (unpaired) electrons. The molecule has 2 aromatic rings. The van der Waals surface area contributed by atoms with Crippen molar-refractivity contribution in [3.63, 3.8) is 0 Å². The summed E-state index contributed by atoms with van der Waals surface area (Å²) < 4.78 is 13.2. The van der Waals surface area contributed by atoms with Crippen LogP contribution >= 0.6 is 23.2 Å². The van der Waals surface area contributed by atoms with Crippen LogP contribution in [0.3, 0.4) is 0 Å². The first kappa shape index (κ1) is 20.6. The lowest BCUT2D eigenvalue weighted by Gasteiger charge is -2.45. The molecule has 1 fully saturated rings. The fraction of sp³-hybridized carbons (Fsp3) is 0.455. The quantitative estimate of drug-likeness (QED) is 0.700. The number of hydrogen-bond acceptors (Lipinski definition) is 2. The van der Waals surface area contributed by atoms with E-state index in [1.807, 2.05) is 38.4 Å². The maximum absolute atomic E-state index is 13.2. The molecule has 146 valence electrons. The predicted octanol–water partition coefficient (Wildman–Crippen LogP) is 5.54. The third kappa shape index (κ3) is 4.65. The van der Waals surface area contributed by atoms with E-state index in [9.17, 15) is 9.50 Å². The topological polar surface area (TPSA) is 23.5 Å². The molecule has 5 heteroatoms. The van der Waals surface area contributed by atoms with Gasteiger partial charge in [-0.2, -0.15) is 0 Å². The van der Waals surface area contributed by atoms with E-state index in [0.29, 0.717) is 22.4 Å². The van der Waals surface area contributed by atoms with E-state index in [1.165, 1.54) is 12.1 Å². The molecule has 2 nitrogen and oxygen atoms in total. The Labute approximate surface area is 170 Å². The van der Waals surface area contributed by atoms with Crippen LogP contribution in [0.4, 0.5) is 4.39 Å². The zero-order valence-corrected chi connectivity index (χ0v) is 17.3. The molecule has 3 atom stereocenters. The number of hydrogen-bond donors (Lipinski definition) is 1. The molecule has 0 heterocycles. The van der Waals surface area contributed by atoms with Gasteiger partial charge in [0.25, 0.3) is 0 Å². The normalized spacial score (nSPS) is 25.7. The zero-order chi connectivity index (χ0) is 19.6. The first-order chi connectivity index (χ1) is 12.8. The standard InChI is InChI=1S/C22H26Cl2FNO/c1-26(2)14-17-13-16(12-15-6-8-18(25)9-7-15)10-11-22(17,27)19-4-3-5-20(23)21(19)24/h3-9,16-17,27H,10-14H2,1-2H3. The van der Waals surface area contributed by atoms with Gasteiger partial charge in [0.2, 0.25) is 0 Å². The van der Waals surface area contributed by atoms with Crippen molar-refractivity contribution in [3.8, 4) is 0 Å². The molecule has 0 amide bonds. The molecule has 0 saturated heterocycles. The van der Waals surface area contributed by atoms with Crippen molar-refractivity contribution < 1.29 is 9.50 Å². The molecule has 0 spiro atoms. The van der Waals surface area contributed by atoms with E-state index >= 15 is 0 Å². The van der Waals surface area contributed by atoms with E-state index in [0.717, 1.165) is 36.9 Å². The molecule has 3 unspecified atom stereocenters. The number of halogens is 3. The summed E-state index contributed by atoms with van der Waals surface area (Å²) in [6.07, 6.45) is 3.30. The van der Waals surface area contributed by atoms with Crippen molar-refractivity contribution in [2.24, 2.45) is 11.8 Å². The van der Waals surface area contributed by atoms with E-state index in [4.69, 9.17) is 23.2 Å². The van der Waals surface area contributed by atoms with Crippen LogP contribution < -0.4 is 0 Å². The highest BCUT2D eigenvalue weighted by molar-refractivity contribution is 6.42. The summed E-state index contributed by atoms with van der Waals surface area (Å²) in [7, 11) is 4.03. The molecule has 27 heavy (non-hydrogen) atoms. The van der Waals surface area contributed by atoms with Crippen molar-refractivity contribution in [1.82, 2.24) is 4.90 Å². The summed E-state index contributed by atoms with van der Waals surface area (Å²) >= 11 is 12.7. The van der Waals surface area contributed by atoms with Crippen LogP contribution in [0, 0.1) is 17.7 Å². The van der Waals surface area contributed by atoms with Gasteiger partial charge in [0, 0.05) is 18.0 Å². The van der Waals surface area contributed by atoms with Gasteiger partial charge in [-0.3, -0.25) is 0 Å². The molecule has 1 N–H and O–H groups in total. The molecule has 1 saturated carbocycles. The van der Waals surface area contributed by atoms with Crippen LogP contribution in [0.1, 0.15) is 30.4 Å². The minimum atomic E-state index is -0.994. The van der Waals surface area contributed by atoms with E-state index < -0.39 is 5.60 Å². The number of benzene rings is 2. The lowest BCUT2D eigenvalue weighted by Crippen LogP contribution is -2.45. The van der Waals surface area contributed by atoms with Crippen LogP contribution in [0.15, 0.2) is 42.5 Å². The van der Waals surface area contributed by atoms with Gasteiger partial charge in [-0.25, -0.2) is 4.39 Å². The van der Waals surface area contributed by atoms with Crippen LogP contribution in [0.25, 0.3) is 0 Å². The van der Waals surface area contributed by atoms with Crippen LogP contribution in [0.5, 0.6) is 0 Å². The highest BCUT2D eigenvalue weighted by Crippen LogP contribution is 2.48. The zero-order valence-electron chi connectivity index (χ0n) is 15.8. The van der Waals surface area contributed by atoms with Crippen LogP contribution in [0.2, 0.25) is 10.0 Å². The Morgan fingerprint density at radius 3 is 2.52 bits per heavy atom. The van der Waals surface area contributed by atoms with Gasteiger partial charge in [0.15, 0.2) is 0 Å². The van der Waals surface area contributed by atoms with Gasteiger partial charge in [-0.15, -0.1) is 0 Å². The first-order valence-corrected chi connectivity index (χ1v) is 10.1. The smallest absolute Gasteiger partial charge is 0.123 e. The van der Waals surface area contributed by atoms with Crippen LogP contribution in [-0.4, -0.2) is 30.6 Å². The highest BCUT2D eigenvalue weighted by Gasteiger charge is 2.44. The van der Waals surface area contributed by atoms with Gasteiger partial charge in [-0.1, -0.05) is 47.5 Å². The molecule has 0 aliphatic heterocycles. The average molecular weight is 410 g/mol. The monoisotopic (exact) mass is 409 g/mol. The first-order valence-electron chi connectivity index (χ1n) is 9.35. The van der Waals surface area contributed by atoms with Crippen LogP contribution in [-0.2, 0) is 12.0 Å². The van der Waals surface area contributed by atoms with Gasteiger partial charge in [0.1, 0.15) is 5.82 Å². The minimum Gasteiger partial charge on any atom is -0.385 e. The molecular formula is C22H26Cl2FNO. The fourth-order valence-corrected chi connectivity index (χ4v) is 4.81. The molecule has 0 aromatic heterocycles. The lowest BCUT2D eigenvalue weighted by atomic mass is 9.66. The van der Waals surface area contributed by atoms with E-state index in [-0.39, 0.29) is 11.7 Å². The van der Waals surface area contributed by atoms with Crippen molar-refractivity contribution in [3.05, 3.63) is 69.5 Å². The summed E-state index contributed by atoms with van der Waals surface area (Å²) in [6, 6.07) is 12.2. The summed E-state index contributed by atoms with van der Waals surface area (Å²) in [5, 5.41) is 12.6. The average Bonchev–Trinajstić information content (AvgIpc) is 2.62. The summed E-state index contributed by atoms with van der Waals surface area (Å²) in [5.74, 6) is 0.277. The second kappa shape index (κ2) is 8.48. The van der Waals surface area contributed by atoms with Gasteiger partial charge >= 0.3 is 0 Å². The maximum Gasteiger partial charge on any atom is 0.123 e. The Kier molecular flexibility index (Phi) is 6.47. The van der Waals surface area contributed by atoms with E-state index in [1.54, 1.807) is 6.07 Å². The van der Waals surface area contributed by atoms with Crippen molar-refractivity contribution in [2.45, 2.75) is 31.3 Å². The molecular weight excluding hydrogens is 384 g/mol. The van der Waals surface area contributed by atoms with E-state index in [2.05, 4.69) is 4.90 Å². The molecule has 1 aliphatic rings. The predicted molar refractivity (Wildman–Crippen MR) is 110 cm³/mol. The second-order valence-electron chi connectivity index (χ2n) is 7.96. The molecule has 2 aromatic carbocycles. The second-order valence-corrected chi connectivity index (χ2v) is 8.74. The fourth-order valence-electron chi connectivity index (χ4n) is 4.34. The lowest BCUT2D eigenvalue weighted by molar-refractivity contribution is -0.0751.